The molecule has 1 saturated heterocycles. The molecular formula is C10H15Br2N3S. The average Bonchev–Trinajstić information content (AvgIpc) is 2.58. The Labute approximate surface area is 117 Å². The van der Waals surface area contributed by atoms with Gasteiger partial charge in [-0.15, -0.1) is 11.3 Å². The van der Waals surface area contributed by atoms with Crippen LogP contribution in [-0.4, -0.2) is 43.1 Å². The van der Waals surface area contributed by atoms with Crippen molar-refractivity contribution in [3.8, 4) is 0 Å². The smallest absolute Gasteiger partial charge is 0.0843 e. The molecule has 0 saturated carbocycles. The Hall–Kier alpha value is 0.540. The fourth-order valence-electron chi connectivity index (χ4n) is 1.63. The number of hydrogen-bond acceptors (Lipinski definition) is 4. The van der Waals surface area contributed by atoms with E-state index < -0.39 is 0 Å². The van der Waals surface area contributed by atoms with E-state index in [0.29, 0.717) is 0 Å². The molecule has 0 atom stereocenters. The van der Waals surface area contributed by atoms with Crippen molar-refractivity contribution in [3.63, 3.8) is 0 Å². The van der Waals surface area contributed by atoms with Crippen LogP contribution in [0.4, 0.5) is 0 Å². The number of hydrazine groups is 1. The maximum absolute atomic E-state index is 3.51. The Balaban J connectivity index is 1.79. The summed E-state index contributed by atoms with van der Waals surface area (Å²) >= 11 is 8.79. The molecule has 90 valence electrons. The Morgan fingerprint density at radius 1 is 1.31 bits per heavy atom. The molecule has 0 bridgehead atoms. The Morgan fingerprint density at radius 2 is 2.00 bits per heavy atom. The largest absolute Gasteiger partial charge is 0.304 e. The first-order valence-electron chi connectivity index (χ1n) is 5.26. The van der Waals surface area contributed by atoms with E-state index >= 15 is 0 Å². The maximum Gasteiger partial charge on any atom is 0.0843 e. The minimum Gasteiger partial charge on any atom is -0.304 e. The van der Waals surface area contributed by atoms with E-state index in [1.165, 1.54) is 8.66 Å². The van der Waals surface area contributed by atoms with Crippen LogP contribution in [0.25, 0.3) is 0 Å². The van der Waals surface area contributed by atoms with Gasteiger partial charge in [-0.3, -0.25) is 0 Å². The first-order chi connectivity index (χ1) is 7.65. The van der Waals surface area contributed by atoms with Crippen LogP contribution in [0.1, 0.15) is 4.88 Å². The minimum atomic E-state index is 0.915. The van der Waals surface area contributed by atoms with Crippen molar-refractivity contribution in [3.05, 3.63) is 19.2 Å². The molecule has 0 spiro atoms. The van der Waals surface area contributed by atoms with Gasteiger partial charge in [0.1, 0.15) is 0 Å². The van der Waals surface area contributed by atoms with Crippen molar-refractivity contribution >= 4 is 43.2 Å². The van der Waals surface area contributed by atoms with Gasteiger partial charge in [0.25, 0.3) is 0 Å². The van der Waals surface area contributed by atoms with Gasteiger partial charge in [-0.1, -0.05) is 0 Å². The van der Waals surface area contributed by atoms with Crippen molar-refractivity contribution in [1.82, 2.24) is 15.3 Å². The second kappa shape index (κ2) is 5.93. The van der Waals surface area contributed by atoms with Gasteiger partial charge in [-0.2, -0.15) is 0 Å². The van der Waals surface area contributed by atoms with Crippen molar-refractivity contribution < 1.29 is 0 Å². The molecule has 0 aliphatic carbocycles. The van der Waals surface area contributed by atoms with Crippen molar-refractivity contribution in [2.75, 3.05) is 33.2 Å². The number of thiophene rings is 1. The Kier molecular flexibility index (Phi) is 4.81. The normalized spacial score (nSPS) is 19.2. The van der Waals surface area contributed by atoms with Crippen LogP contribution in [0.15, 0.2) is 14.3 Å². The third kappa shape index (κ3) is 3.51. The number of hydrogen-bond donors (Lipinski definition) is 1. The third-order valence-electron chi connectivity index (χ3n) is 2.68. The molecule has 16 heavy (non-hydrogen) atoms. The maximum atomic E-state index is 3.51. The molecule has 1 aromatic heterocycles. The number of rotatable bonds is 3. The highest BCUT2D eigenvalue weighted by molar-refractivity contribution is 9.13. The summed E-state index contributed by atoms with van der Waals surface area (Å²) in [4.78, 5) is 3.70. The summed E-state index contributed by atoms with van der Waals surface area (Å²) in [6, 6.07) is 2.16. The monoisotopic (exact) mass is 367 g/mol. The minimum absolute atomic E-state index is 0.915. The Morgan fingerprint density at radius 3 is 2.56 bits per heavy atom. The van der Waals surface area contributed by atoms with Crippen LogP contribution >= 0.6 is 43.2 Å². The highest BCUT2D eigenvalue weighted by atomic mass is 79.9. The Bertz CT molecular complexity index is 328. The lowest BCUT2D eigenvalue weighted by molar-refractivity contribution is 0.102. The van der Waals surface area contributed by atoms with Crippen molar-refractivity contribution in [1.29, 1.82) is 0 Å². The zero-order valence-corrected chi connectivity index (χ0v) is 13.2. The first-order valence-corrected chi connectivity index (χ1v) is 7.66. The molecule has 0 amide bonds. The van der Waals surface area contributed by atoms with E-state index in [4.69, 9.17) is 0 Å². The lowest BCUT2D eigenvalue weighted by Crippen LogP contribution is -2.50. The quantitative estimate of drug-likeness (QED) is 0.884. The van der Waals surface area contributed by atoms with Gasteiger partial charge in [-0.05, 0) is 45.0 Å². The molecule has 1 N–H and O–H groups in total. The fourth-order valence-corrected chi connectivity index (χ4v) is 3.74. The van der Waals surface area contributed by atoms with Gasteiger partial charge in [0.2, 0.25) is 0 Å². The van der Waals surface area contributed by atoms with Crippen molar-refractivity contribution in [2.45, 2.75) is 6.54 Å². The molecule has 0 radical (unpaired) electrons. The fraction of sp³-hybridized carbons (Fsp3) is 0.600. The summed E-state index contributed by atoms with van der Waals surface area (Å²) in [5.74, 6) is 0. The number of piperazine rings is 1. The highest BCUT2D eigenvalue weighted by Gasteiger charge is 2.13. The zero-order chi connectivity index (χ0) is 11.5. The van der Waals surface area contributed by atoms with Crippen LogP contribution in [-0.2, 0) is 6.54 Å². The van der Waals surface area contributed by atoms with Crippen LogP contribution in [0.3, 0.4) is 0 Å². The second-order valence-corrected chi connectivity index (χ2v) is 7.27. The van der Waals surface area contributed by atoms with Crippen molar-refractivity contribution in [2.24, 2.45) is 0 Å². The van der Waals surface area contributed by atoms with Gasteiger partial charge in [-0.25, -0.2) is 10.4 Å². The molecule has 3 nitrogen and oxygen atoms in total. The molecule has 1 aromatic rings. The van der Waals surface area contributed by atoms with E-state index in [9.17, 15) is 0 Å². The van der Waals surface area contributed by atoms with Crippen LogP contribution < -0.4 is 5.43 Å². The van der Waals surface area contributed by atoms with E-state index in [2.05, 4.69) is 60.3 Å². The summed E-state index contributed by atoms with van der Waals surface area (Å²) in [5.41, 5.74) is 3.47. The summed E-state index contributed by atoms with van der Waals surface area (Å²) in [7, 11) is 2.17. The third-order valence-corrected chi connectivity index (χ3v) is 5.93. The predicted molar refractivity (Wildman–Crippen MR) is 75.6 cm³/mol. The van der Waals surface area contributed by atoms with E-state index in [1.54, 1.807) is 11.3 Å². The number of likely N-dealkylation sites (N-methyl/N-ethyl adjacent to an activating group) is 1. The summed E-state index contributed by atoms with van der Waals surface area (Å²) in [5, 5.41) is 2.31. The topological polar surface area (TPSA) is 18.5 Å². The first kappa shape index (κ1) is 13.0. The highest BCUT2D eigenvalue weighted by Crippen LogP contribution is 2.32. The molecule has 2 heterocycles. The summed E-state index contributed by atoms with van der Waals surface area (Å²) < 4.78 is 2.32. The zero-order valence-electron chi connectivity index (χ0n) is 9.17. The summed E-state index contributed by atoms with van der Waals surface area (Å²) in [6.45, 7) is 5.41. The van der Waals surface area contributed by atoms with Gasteiger partial charge in [0.15, 0.2) is 0 Å². The molecule has 1 fully saturated rings. The van der Waals surface area contributed by atoms with Gasteiger partial charge in [0.05, 0.1) is 3.79 Å². The molecule has 6 heteroatoms. The molecule has 1 aliphatic rings. The lowest BCUT2D eigenvalue weighted by atomic mass is 10.4. The van der Waals surface area contributed by atoms with Crippen LogP contribution in [0.2, 0.25) is 0 Å². The van der Waals surface area contributed by atoms with Gasteiger partial charge in [0, 0.05) is 42.1 Å². The van der Waals surface area contributed by atoms with Crippen LogP contribution in [0.5, 0.6) is 0 Å². The molecular weight excluding hydrogens is 354 g/mol. The number of halogens is 2. The second-order valence-electron chi connectivity index (χ2n) is 3.96. The lowest BCUT2D eigenvalue weighted by Gasteiger charge is -2.32. The predicted octanol–water partition coefficient (Wildman–Crippen LogP) is 2.53. The van der Waals surface area contributed by atoms with E-state index in [1.807, 2.05) is 0 Å². The number of nitrogens with zero attached hydrogens (tertiary/aromatic N) is 2. The van der Waals surface area contributed by atoms with E-state index in [-0.39, 0.29) is 0 Å². The molecule has 1 aliphatic heterocycles. The summed E-state index contributed by atoms with van der Waals surface area (Å²) in [6.07, 6.45) is 0. The van der Waals surface area contributed by atoms with Gasteiger partial charge >= 0.3 is 0 Å². The molecule has 0 aromatic carbocycles. The SMILES string of the molecule is CN1CCN(NCc2cc(Br)c(Br)s2)CC1. The molecule has 2 rings (SSSR count). The average molecular weight is 369 g/mol. The van der Waals surface area contributed by atoms with Crippen LogP contribution in [0, 0.1) is 0 Å². The van der Waals surface area contributed by atoms with Gasteiger partial charge < -0.3 is 4.90 Å². The number of nitrogens with one attached hydrogen (secondary N) is 1. The standard InChI is InChI=1S/C10H15Br2N3S/c1-14-2-4-15(5-3-14)13-7-8-6-9(11)10(12)16-8/h6,13H,2-5,7H2,1H3. The van der Waals surface area contributed by atoms with E-state index in [0.717, 1.165) is 37.2 Å². The molecule has 0 unspecified atom stereocenters.